The molecule has 1 rings (SSSR count). The van der Waals surface area contributed by atoms with Crippen molar-refractivity contribution < 1.29 is 13.9 Å². The predicted octanol–water partition coefficient (Wildman–Crippen LogP) is 2.61. The first-order chi connectivity index (χ1) is 6.56. The van der Waals surface area contributed by atoms with E-state index in [1.165, 1.54) is 7.11 Å². The Kier molecular flexibility index (Phi) is 3.63. The van der Waals surface area contributed by atoms with Crippen molar-refractivity contribution in [2.75, 3.05) is 7.11 Å². The van der Waals surface area contributed by atoms with Gasteiger partial charge in [0.25, 0.3) is 0 Å². The van der Waals surface area contributed by atoms with Crippen molar-refractivity contribution in [1.82, 2.24) is 0 Å². The smallest absolute Gasteiger partial charge is 0.310 e. The number of benzene rings is 1. The molecule has 0 bridgehead atoms. The lowest BCUT2D eigenvalue weighted by Crippen LogP contribution is -2.06. The zero-order valence-electron chi connectivity index (χ0n) is 7.93. The van der Waals surface area contributed by atoms with Gasteiger partial charge in [-0.2, -0.15) is 0 Å². The van der Waals surface area contributed by atoms with Crippen molar-refractivity contribution in [3.05, 3.63) is 33.5 Å². The second-order valence-electron chi connectivity index (χ2n) is 2.92. The average Bonchev–Trinajstić information content (AvgIpc) is 2.19. The summed E-state index contributed by atoms with van der Waals surface area (Å²) in [5.74, 6) is -0.838. The van der Waals surface area contributed by atoms with Crippen LogP contribution in [0.5, 0.6) is 0 Å². The fourth-order valence-electron chi connectivity index (χ4n) is 1.05. The number of esters is 1. The Morgan fingerprint density at radius 2 is 2.21 bits per heavy atom. The van der Waals surface area contributed by atoms with Gasteiger partial charge in [-0.3, -0.25) is 4.79 Å². The van der Waals surface area contributed by atoms with E-state index in [2.05, 4.69) is 20.7 Å². The summed E-state index contributed by atoms with van der Waals surface area (Å²) in [7, 11) is 1.28. The molecule has 0 saturated heterocycles. The number of ether oxygens (including phenoxy) is 1. The first-order valence-electron chi connectivity index (χ1n) is 4.06. The summed E-state index contributed by atoms with van der Waals surface area (Å²) in [6.45, 7) is 1.79. The Morgan fingerprint density at radius 1 is 1.57 bits per heavy atom. The molecule has 76 valence electrons. The molecule has 0 spiro atoms. The van der Waals surface area contributed by atoms with Gasteiger partial charge >= 0.3 is 5.97 Å². The van der Waals surface area contributed by atoms with Gasteiger partial charge in [0, 0.05) is 5.56 Å². The molecule has 0 aliphatic heterocycles. The van der Waals surface area contributed by atoms with Crippen LogP contribution in [-0.4, -0.2) is 13.1 Å². The zero-order chi connectivity index (χ0) is 10.7. The minimum atomic E-state index is -0.445. The zero-order valence-corrected chi connectivity index (χ0v) is 9.52. The van der Waals surface area contributed by atoms with Gasteiger partial charge in [0.05, 0.1) is 18.0 Å². The van der Waals surface area contributed by atoms with E-state index in [9.17, 15) is 9.18 Å². The molecule has 0 N–H and O–H groups in total. The number of carbonyl (C=O) groups is 1. The molecule has 1 aromatic rings. The number of rotatable bonds is 2. The highest BCUT2D eigenvalue weighted by Gasteiger charge is 2.12. The first kappa shape index (κ1) is 11.2. The lowest BCUT2D eigenvalue weighted by Gasteiger charge is -2.05. The molecule has 14 heavy (non-hydrogen) atoms. The molecule has 2 nitrogen and oxygen atoms in total. The highest BCUT2D eigenvalue weighted by Crippen LogP contribution is 2.23. The number of aryl methyl sites for hydroxylation is 1. The standard InChI is InChI=1S/C10H10BrFO2/c1-6-3-4-7(5-8(13)14-2)10(12)9(6)11/h3-4H,5H2,1-2H3. The van der Waals surface area contributed by atoms with Crippen molar-refractivity contribution in [2.45, 2.75) is 13.3 Å². The predicted molar refractivity (Wildman–Crippen MR) is 54.6 cm³/mol. The number of halogens is 2. The van der Waals surface area contributed by atoms with Gasteiger partial charge < -0.3 is 4.74 Å². The third-order valence-corrected chi connectivity index (χ3v) is 2.89. The van der Waals surface area contributed by atoms with Gasteiger partial charge in [-0.25, -0.2) is 4.39 Å². The SMILES string of the molecule is COC(=O)Cc1ccc(C)c(Br)c1F. The van der Waals surface area contributed by atoms with E-state index < -0.39 is 11.8 Å². The lowest BCUT2D eigenvalue weighted by atomic mass is 10.1. The van der Waals surface area contributed by atoms with Gasteiger partial charge in [0.15, 0.2) is 0 Å². The average molecular weight is 261 g/mol. The van der Waals surface area contributed by atoms with Crippen molar-refractivity contribution >= 4 is 21.9 Å². The van der Waals surface area contributed by atoms with Crippen LogP contribution in [0, 0.1) is 12.7 Å². The maximum Gasteiger partial charge on any atom is 0.310 e. The quantitative estimate of drug-likeness (QED) is 0.765. The minimum absolute atomic E-state index is 0.0405. The van der Waals surface area contributed by atoms with E-state index in [1.54, 1.807) is 19.1 Å². The van der Waals surface area contributed by atoms with Gasteiger partial charge in [-0.1, -0.05) is 12.1 Å². The summed E-state index contributed by atoms with van der Waals surface area (Å²) in [4.78, 5) is 10.9. The monoisotopic (exact) mass is 260 g/mol. The fraction of sp³-hybridized carbons (Fsp3) is 0.300. The molecule has 4 heteroatoms. The van der Waals surface area contributed by atoms with Crippen LogP contribution in [0.15, 0.2) is 16.6 Å². The topological polar surface area (TPSA) is 26.3 Å². The normalized spacial score (nSPS) is 10.0. The van der Waals surface area contributed by atoms with E-state index in [-0.39, 0.29) is 6.42 Å². The Hall–Kier alpha value is -0.900. The Morgan fingerprint density at radius 3 is 2.79 bits per heavy atom. The van der Waals surface area contributed by atoms with Crippen LogP contribution in [-0.2, 0) is 16.0 Å². The van der Waals surface area contributed by atoms with E-state index in [1.807, 2.05) is 0 Å². The van der Waals surface area contributed by atoms with E-state index >= 15 is 0 Å². The largest absolute Gasteiger partial charge is 0.469 e. The highest BCUT2D eigenvalue weighted by molar-refractivity contribution is 9.10. The molecular weight excluding hydrogens is 251 g/mol. The third-order valence-electron chi connectivity index (χ3n) is 1.92. The highest BCUT2D eigenvalue weighted by atomic mass is 79.9. The third kappa shape index (κ3) is 2.32. The fourth-order valence-corrected chi connectivity index (χ4v) is 1.44. The van der Waals surface area contributed by atoms with Crippen LogP contribution >= 0.6 is 15.9 Å². The molecule has 0 aliphatic carbocycles. The Labute approximate surface area is 90.2 Å². The molecular formula is C10H10BrFO2. The summed E-state index contributed by atoms with van der Waals surface area (Å²) in [5, 5.41) is 0. The van der Waals surface area contributed by atoms with Crippen molar-refractivity contribution in [3.8, 4) is 0 Å². The molecule has 0 fully saturated rings. The minimum Gasteiger partial charge on any atom is -0.469 e. The van der Waals surface area contributed by atoms with Crippen LogP contribution in [0.25, 0.3) is 0 Å². The number of hydrogen-bond donors (Lipinski definition) is 0. The molecule has 0 saturated carbocycles. The molecule has 0 heterocycles. The molecule has 0 aliphatic rings. The molecule has 0 aromatic heterocycles. The molecule has 0 unspecified atom stereocenters. The summed E-state index contributed by atoms with van der Waals surface area (Å²) in [6.07, 6.45) is -0.0405. The number of carbonyl (C=O) groups excluding carboxylic acids is 1. The van der Waals surface area contributed by atoms with E-state index in [4.69, 9.17) is 0 Å². The van der Waals surface area contributed by atoms with Crippen molar-refractivity contribution in [2.24, 2.45) is 0 Å². The maximum absolute atomic E-state index is 13.5. The van der Waals surface area contributed by atoms with Gasteiger partial charge in [0.2, 0.25) is 0 Å². The number of methoxy groups -OCH3 is 1. The molecule has 0 radical (unpaired) electrons. The second kappa shape index (κ2) is 4.55. The van der Waals surface area contributed by atoms with Crippen LogP contribution < -0.4 is 0 Å². The molecule has 0 atom stereocenters. The Balaban J connectivity index is 3.00. The van der Waals surface area contributed by atoms with Crippen LogP contribution in [0.4, 0.5) is 4.39 Å². The van der Waals surface area contributed by atoms with E-state index in [0.29, 0.717) is 10.0 Å². The van der Waals surface area contributed by atoms with Gasteiger partial charge in [-0.15, -0.1) is 0 Å². The van der Waals surface area contributed by atoms with E-state index in [0.717, 1.165) is 5.56 Å². The molecule has 0 amide bonds. The van der Waals surface area contributed by atoms with Crippen LogP contribution in [0.2, 0.25) is 0 Å². The second-order valence-corrected chi connectivity index (χ2v) is 3.72. The lowest BCUT2D eigenvalue weighted by molar-refractivity contribution is -0.139. The van der Waals surface area contributed by atoms with Gasteiger partial charge in [0.1, 0.15) is 5.82 Å². The van der Waals surface area contributed by atoms with Crippen LogP contribution in [0.3, 0.4) is 0 Å². The summed E-state index contributed by atoms with van der Waals surface area (Å²) < 4.78 is 18.4. The number of hydrogen-bond acceptors (Lipinski definition) is 2. The van der Waals surface area contributed by atoms with Gasteiger partial charge in [-0.05, 0) is 28.4 Å². The Bertz CT molecular complexity index is 363. The summed E-state index contributed by atoms with van der Waals surface area (Å²) in [5.41, 5.74) is 1.14. The van der Waals surface area contributed by atoms with Crippen LogP contribution in [0.1, 0.15) is 11.1 Å². The van der Waals surface area contributed by atoms with Crippen molar-refractivity contribution in [3.63, 3.8) is 0 Å². The summed E-state index contributed by atoms with van der Waals surface area (Å²) in [6, 6.07) is 3.35. The molecule has 1 aromatic carbocycles. The summed E-state index contributed by atoms with van der Waals surface area (Å²) >= 11 is 3.11. The first-order valence-corrected chi connectivity index (χ1v) is 4.86. The van der Waals surface area contributed by atoms with Crippen molar-refractivity contribution in [1.29, 1.82) is 0 Å². The maximum atomic E-state index is 13.5.